The quantitative estimate of drug-likeness (QED) is 0.462. The molecule has 13 heteroatoms. The first-order valence-electron chi connectivity index (χ1n) is 10.0. The van der Waals surface area contributed by atoms with Gasteiger partial charge in [0.05, 0.1) is 43.9 Å². The number of anilines is 2. The summed E-state index contributed by atoms with van der Waals surface area (Å²) in [5, 5.41) is 2.53. The second-order valence-corrected chi connectivity index (χ2v) is 11.1. The average Bonchev–Trinajstić information content (AvgIpc) is 2.75. The molecule has 2 N–H and O–H groups in total. The highest BCUT2D eigenvalue weighted by atomic mass is 32.2. The molecule has 0 spiro atoms. The molecule has 0 saturated carbocycles. The number of hydrogen-bond donors (Lipinski definition) is 2. The number of rotatable bonds is 11. The van der Waals surface area contributed by atoms with Gasteiger partial charge in [0, 0.05) is 12.1 Å². The van der Waals surface area contributed by atoms with Gasteiger partial charge in [-0.2, -0.15) is 0 Å². The van der Waals surface area contributed by atoms with Crippen LogP contribution in [0, 0.1) is 0 Å². The number of benzene rings is 2. The van der Waals surface area contributed by atoms with Crippen LogP contribution in [0.1, 0.15) is 13.8 Å². The number of methoxy groups -OCH3 is 3. The number of nitrogens with one attached hydrogen (secondary N) is 2. The van der Waals surface area contributed by atoms with Crippen LogP contribution in [0.5, 0.6) is 17.2 Å². The fraction of sp³-hybridized carbons (Fsp3) is 0.381. The Hall–Kier alpha value is -3.03. The van der Waals surface area contributed by atoms with Gasteiger partial charge in [0.2, 0.25) is 26.0 Å². The third-order valence-corrected chi connectivity index (χ3v) is 7.27. The molecule has 0 unspecified atom stereocenters. The van der Waals surface area contributed by atoms with E-state index in [4.69, 9.17) is 14.2 Å². The van der Waals surface area contributed by atoms with Crippen molar-refractivity contribution in [2.45, 2.75) is 24.8 Å². The molecule has 2 rings (SSSR count). The van der Waals surface area contributed by atoms with E-state index < -0.39 is 32.5 Å². The van der Waals surface area contributed by atoms with Gasteiger partial charge in [-0.1, -0.05) is 0 Å². The Morgan fingerprint density at radius 2 is 1.59 bits per heavy atom. The number of carbonyl (C=O) groups excluding carboxylic acids is 1. The molecular weight excluding hydrogens is 486 g/mol. The van der Waals surface area contributed by atoms with Crippen LogP contribution in [0.4, 0.5) is 11.4 Å². The van der Waals surface area contributed by atoms with Gasteiger partial charge < -0.3 is 19.5 Å². The van der Waals surface area contributed by atoms with E-state index in [0.717, 1.165) is 10.6 Å². The van der Waals surface area contributed by atoms with Crippen molar-refractivity contribution in [2.75, 3.05) is 43.8 Å². The lowest BCUT2D eigenvalue weighted by molar-refractivity contribution is -0.114. The number of carbonyl (C=O) groups is 1. The molecule has 0 aromatic heterocycles. The lowest BCUT2D eigenvalue weighted by atomic mass is 10.2. The highest BCUT2D eigenvalue weighted by Gasteiger charge is 2.25. The number of hydrogen-bond acceptors (Lipinski definition) is 8. The van der Waals surface area contributed by atoms with Gasteiger partial charge in [-0.3, -0.25) is 9.10 Å². The minimum atomic E-state index is -3.90. The SMILES string of the molecule is COc1ccc(N(CC(=O)Nc2cc(S(=O)(=O)NC(C)C)ccc2OC)S(C)(=O)=O)c(OC)c1. The molecule has 0 heterocycles. The number of sulfonamides is 2. The van der Waals surface area contributed by atoms with Crippen LogP contribution in [0.25, 0.3) is 0 Å². The Labute approximate surface area is 200 Å². The van der Waals surface area contributed by atoms with Gasteiger partial charge in [-0.25, -0.2) is 21.6 Å². The van der Waals surface area contributed by atoms with Crippen molar-refractivity contribution >= 4 is 37.3 Å². The van der Waals surface area contributed by atoms with E-state index in [-0.39, 0.29) is 33.8 Å². The summed E-state index contributed by atoms with van der Waals surface area (Å²) < 4.78 is 69.0. The number of amides is 1. The molecule has 2 aromatic rings. The molecule has 2 aromatic carbocycles. The molecule has 0 fully saturated rings. The van der Waals surface area contributed by atoms with Crippen LogP contribution in [0.2, 0.25) is 0 Å². The highest BCUT2D eigenvalue weighted by Crippen LogP contribution is 2.34. The van der Waals surface area contributed by atoms with Crippen LogP contribution in [-0.2, 0) is 24.8 Å². The maximum atomic E-state index is 12.9. The minimum Gasteiger partial charge on any atom is -0.497 e. The smallest absolute Gasteiger partial charge is 0.245 e. The predicted molar refractivity (Wildman–Crippen MR) is 129 cm³/mol. The molecule has 0 aliphatic carbocycles. The number of ether oxygens (including phenoxy) is 3. The summed E-state index contributed by atoms with van der Waals surface area (Å²) >= 11 is 0. The lowest BCUT2D eigenvalue weighted by Crippen LogP contribution is -2.37. The van der Waals surface area contributed by atoms with E-state index >= 15 is 0 Å². The van der Waals surface area contributed by atoms with Crippen molar-refractivity contribution in [1.29, 1.82) is 0 Å². The summed E-state index contributed by atoms with van der Waals surface area (Å²) in [6, 6.07) is 8.11. The summed E-state index contributed by atoms with van der Waals surface area (Å²) in [4.78, 5) is 12.8. The van der Waals surface area contributed by atoms with E-state index in [1.54, 1.807) is 13.8 Å². The molecule has 0 radical (unpaired) electrons. The second kappa shape index (κ2) is 10.9. The second-order valence-electron chi connectivity index (χ2n) is 7.49. The van der Waals surface area contributed by atoms with Crippen molar-refractivity contribution in [3.05, 3.63) is 36.4 Å². The molecule has 188 valence electrons. The third kappa shape index (κ3) is 6.74. The minimum absolute atomic E-state index is 0.0641. The first-order chi connectivity index (χ1) is 15.8. The molecule has 0 bridgehead atoms. The zero-order valence-electron chi connectivity index (χ0n) is 19.8. The van der Waals surface area contributed by atoms with Gasteiger partial charge >= 0.3 is 0 Å². The molecule has 0 atom stereocenters. The maximum Gasteiger partial charge on any atom is 0.245 e. The maximum absolute atomic E-state index is 12.9. The van der Waals surface area contributed by atoms with Crippen molar-refractivity contribution in [1.82, 2.24) is 4.72 Å². The van der Waals surface area contributed by atoms with Crippen LogP contribution in [0.15, 0.2) is 41.3 Å². The third-order valence-electron chi connectivity index (χ3n) is 4.49. The van der Waals surface area contributed by atoms with Crippen molar-refractivity contribution in [2.24, 2.45) is 0 Å². The first-order valence-corrected chi connectivity index (χ1v) is 13.4. The van der Waals surface area contributed by atoms with Gasteiger partial charge in [0.25, 0.3) is 0 Å². The van der Waals surface area contributed by atoms with Gasteiger partial charge in [-0.05, 0) is 44.2 Å². The van der Waals surface area contributed by atoms with Gasteiger partial charge in [-0.15, -0.1) is 0 Å². The van der Waals surface area contributed by atoms with E-state index in [2.05, 4.69) is 10.0 Å². The molecule has 1 amide bonds. The molecule has 0 aliphatic rings. The van der Waals surface area contributed by atoms with Crippen LogP contribution in [-0.4, -0.2) is 62.9 Å². The summed E-state index contributed by atoms with van der Waals surface area (Å²) in [5.74, 6) is 0.0945. The summed E-state index contributed by atoms with van der Waals surface area (Å²) in [6.45, 7) is 2.75. The lowest BCUT2D eigenvalue weighted by Gasteiger charge is -2.24. The summed E-state index contributed by atoms with van der Waals surface area (Å²) in [7, 11) is -3.57. The van der Waals surface area contributed by atoms with Crippen molar-refractivity contribution in [3.8, 4) is 17.2 Å². The normalized spacial score (nSPS) is 11.7. The van der Waals surface area contributed by atoms with Gasteiger partial charge in [0.15, 0.2) is 0 Å². The Morgan fingerprint density at radius 1 is 0.941 bits per heavy atom. The van der Waals surface area contributed by atoms with Gasteiger partial charge in [0.1, 0.15) is 23.8 Å². The van der Waals surface area contributed by atoms with E-state index in [1.165, 1.54) is 57.7 Å². The van der Waals surface area contributed by atoms with Crippen LogP contribution < -0.4 is 28.6 Å². The van der Waals surface area contributed by atoms with Crippen molar-refractivity contribution < 1.29 is 35.8 Å². The Kier molecular flexibility index (Phi) is 8.75. The molecule has 11 nitrogen and oxygen atoms in total. The fourth-order valence-electron chi connectivity index (χ4n) is 3.02. The monoisotopic (exact) mass is 515 g/mol. The largest absolute Gasteiger partial charge is 0.497 e. The first kappa shape index (κ1) is 27.2. The summed E-state index contributed by atoms with van der Waals surface area (Å²) in [6.07, 6.45) is 0.954. The molecule has 0 aliphatic heterocycles. The predicted octanol–water partition coefficient (Wildman–Crippen LogP) is 1.80. The molecule has 34 heavy (non-hydrogen) atoms. The fourth-order valence-corrected chi connectivity index (χ4v) is 5.16. The zero-order valence-corrected chi connectivity index (χ0v) is 21.4. The summed E-state index contributed by atoms with van der Waals surface area (Å²) in [5.41, 5.74) is 0.194. The molecule has 0 saturated heterocycles. The van der Waals surface area contributed by atoms with Crippen LogP contribution in [0.3, 0.4) is 0 Å². The van der Waals surface area contributed by atoms with E-state index in [9.17, 15) is 21.6 Å². The topological polar surface area (TPSA) is 140 Å². The Morgan fingerprint density at radius 3 is 2.12 bits per heavy atom. The Bertz CT molecular complexity index is 1240. The van der Waals surface area contributed by atoms with E-state index in [1.807, 2.05) is 0 Å². The van der Waals surface area contributed by atoms with E-state index in [0.29, 0.717) is 5.75 Å². The number of nitrogens with zero attached hydrogens (tertiary/aromatic N) is 1. The highest BCUT2D eigenvalue weighted by molar-refractivity contribution is 7.92. The molecular formula is C21H29N3O8S2. The Balaban J connectivity index is 2.40. The van der Waals surface area contributed by atoms with Crippen LogP contribution >= 0.6 is 0 Å². The standard InChI is InChI=1S/C21H29N3O8S2/c1-14(2)23-34(28,29)16-8-10-19(31-4)17(12-16)22-21(25)13-24(33(6,26)27)18-9-7-15(30-3)11-20(18)32-5/h7-12,14,23H,13H2,1-6H3,(H,22,25). The van der Waals surface area contributed by atoms with Crippen molar-refractivity contribution in [3.63, 3.8) is 0 Å². The average molecular weight is 516 g/mol. The zero-order chi connectivity index (χ0) is 25.7.